The van der Waals surface area contributed by atoms with E-state index in [-0.39, 0.29) is 11.3 Å². The first-order valence-corrected chi connectivity index (χ1v) is 5.33. The fourth-order valence-corrected chi connectivity index (χ4v) is 1.22. The van der Waals surface area contributed by atoms with Crippen molar-refractivity contribution in [3.05, 3.63) is 24.0 Å². The van der Waals surface area contributed by atoms with Crippen LogP contribution in [0.2, 0.25) is 0 Å². The molecule has 3 N–H and O–H groups in total. The van der Waals surface area contributed by atoms with E-state index < -0.39 is 0 Å². The highest BCUT2D eigenvalue weighted by Gasteiger charge is 2.12. The monoisotopic (exact) mass is 221 g/mol. The number of aromatic nitrogens is 1. The minimum atomic E-state index is -0.0455. The Morgan fingerprint density at radius 1 is 1.50 bits per heavy atom. The van der Waals surface area contributed by atoms with Gasteiger partial charge in [0.15, 0.2) is 5.78 Å². The van der Waals surface area contributed by atoms with E-state index in [0.717, 1.165) is 5.56 Å². The van der Waals surface area contributed by atoms with Crippen molar-refractivity contribution in [2.45, 2.75) is 32.7 Å². The van der Waals surface area contributed by atoms with Crippen molar-refractivity contribution >= 4 is 11.5 Å². The maximum atomic E-state index is 11.7. The SMILES string of the molecule is CC(C)(C)NCC(=O)Cc1cnccc1N. The average Bonchev–Trinajstić information content (AvgIpc) is 2.18. The summed E-state index contributed by atoms with van der Waals surface area (Å²) < 4.78 is 0. The molecular weight excluding hydrogens is 202 g/mol. The first-order chi connectivity index (χ1) is 7.38. The van der Waals surface area contributed by atoms with Crippen LogP contribution in [0.5, 0.6) is 0 Å². The van der Waals surface area contributed by atoms with Gasteiger partial charge in [0.2, 0.25) is 0 Å². The van der Waals surface area contributed by atoms with Gasteiger partial charge in [-0.25, -0.2) is 0 Å². The summed E-state index contributed by atoms with van der Waals surface area (Å²) in [5.74, 6) is 0.120. The molecule has 1 aromatic rings. The van der Waals surface area contributed by atoms with Crippen molar-refractivity contribution < 1.29 is 4.79 Å². The predicted molar refractivity (Wildman–Crippen MR) is 65.1 cm³/mol. The molecule has 1 aromatic heterocycles. The van der Waals surface area contributed by atoms with Gasteiger partial charge in [-0.3, -0.25) is 9.78 Å². The molecule has 0 fully saturated rings. The number of nitrogen functional groups attached to an aromatic ring is 1. The number of carbonyl (C=O) groups is 1. The van der Waals surface area contributed by atoms with Crippen molar-refractivity contribution in [2.75, 3.05) is 12.3 Å². The number of hydrogen-bond donors (Lipinski definition) is 2. The highest BCUT2D eigenvalue weighted by molar-refractivity contribution is 5.84. The highest BCUT2D eigenvalue weighted by Crippen LogP contribution is 2.09. The molecule has 0 radical (unpaired) electrons. The third kappa shape index (κ3) is 4.40. The number of Topliss-reactive ketones (excluding diaryl/α,β-unsaturated/α-hetero) is 1. The molecule has 4 nitrogen and oxygen atoms in total. The van der Waals surface area contributed by atoms with E-state index in [1.165, 1.54) is 0 Å². The Kier molecular flexibility index (Phi) is 4.01. The molecule has 1 rings (SSSR count). The number of ketones is 1. The Bertz CT molecular complexity index is 369. The van der Waals surface area contributed by atoms with Crippen LogP contribution in [0.15, 0.2) is 18.5 Å². The smallest absolute Gasteiger partial charge is 0.151 e. The first-order valence-electron chi connectivity index (χ1n) is 5.33. The standard InChI is InChI=1S/C12H19N3O/c1-12(2,3)15-8-10(16)6-9-7-14-5-4-11(9)13/h4-5,7,15H,6,8H2,1-3H3,(H2,13,14). The molecule has 4 heteroatoms. The van der Waals surface area contributed by atoms with E-state index in [9.17, 15) is 4.79 Å². The maximum absolute atomic E-state index is 11.7. The Labute approximate surface area is 96.3 Å². The summed E-state index contributed by atoms with van der Waals surface area (Å²) in [6.45, 7) is 6.44. The largest absolute Gasteiger partial charge is 0.398 e. The van der Waals surface area contributed by atoms with Gasteiger partial charge in [-0.15, -0.1) is 0 Å². The van der Waals surface area contributed by atoms with E-state index in [0.29, 0.717) is 18.7 Å². The Balaban J connectivity index is 2.50. The zero-order valence-corrected chi connectivity index (χ0v) is 10.1. The average molecular weight is 221 g/mol. The Morgan fingerprint density at radius 3 is 2.75 bits per heavy atom. The molecule has 1 heterocycles. The number of nitrogens with zero attached hydrogens (tertiary/aromatic N) is 1. The zero-order chi connectivity index (χ0) is 12.2. The molecule has 0 atom stereocenters. The third-order valence-electron chi connectivity index (χ3n) is 2.14. The molecule has 0 amide bonds. The van der Waals surface area contributed by atoms with Crippen LogP contribution in [0, 0.1) is 0 Å². The van der Waals surface area contributed by atoms with Gasteiger partial charge in [0, 0.05) is 35.6 Å². The highest BCUT2D eigenvalue weighted by atomic mass is 16.1. The van der Waals surface area contributed by atoms with Gasteiger partial charge in [-0.2, -0.15) is 0 Å². The van der Waals surface area contributed by atoms with Gasteiger partial charge in [-0.1, -0.05) is 0 Å². The molecule has 88 valence electrons. The Morgan fingerprint density at radius 2 is 2.19 bits per heavy atom. The van der Waals surface area contributed by atoms with Crippen LogP contribution < -0.4 is 11.1 Å². The second-order valence-corrected chi connectivity index (χ2v) is 4.89. The summed E-state index contributed by atoms with van der Waals surface area (Å²) in [6.07, 6.45) is 3.60. The summed E-state index contributed by atoms with van der Waals surface area (Å²) in [5, 5.41) is 3.15. The van der Waals surface area contributed by atoms with Crippen molar-refractivity contribution in [1.29, 1.82) is 0 Å². The van der Waals surface area contributed by atoms with Crippen molar-refractivity contribution in [3.63, 3.8) is 0 Å². The van der Waals surface area contributed by atoms with Crippen LogP contribution in [0.25, 0.3) is 0 Å². The molecule has 0 saturated carbocycles. The van der Waals surface area contributed by atoms with E-state index in [2.05, 4.69) is 10.3 Å². The summed E-state index contributed by atoms with van der Waals surface area (Å²) in [4.78, 5) is 15.6. The number of nitrogens with one attached hydrogen (secondary N) is 1. The fourth-order valence-electron chi connectivity index (χ4n) is 1.22. The molecule has 0 spiro atoms. The lowest BCUT2D eigenvalue weighted by Crippen LogP contribution is -2.39. The van der Waals surface area contributed by atoms with Gasteiger partial charge in [0.25, 0.3) is 0 Å². The third-order valence-corrected chi connectivity index (χ3v) is 2.14. The van der Waals surface area contributed by atoms with Crippen molar-refractivity contribution in [2.24, 2.45) is 0 Å². The summed E-state index contributed by atoms with van der Waals surface area (Å²) >= 11 is 0. The summed E-state index contributed by atoms with van der Waals surface area (Å²) in [7, 11) is 0. The topological polar surface area (TPSA) is 68.0 Å². The molecule has 0 aromatic carbocycles. The number of carbonyl (C=O) groups excluding carboxylic acids is 1. The van der Waals surface area contributed by atoms with Crippen LogP contribution in [0.3, 0.4) is 0 Å². The molecular formula is C12H19N3O. The number of anilines is 1. The molecule has 0 bridgehead atoms. The second-order valence-electron chi connectivity index (χ2n) is 4.89. The van der Waals surface area contributed by atoms with E-state index in [4.69, 9.17) is 5.73 Å². The van der Waals surface area contributed by atoms with E-state index in [1.807, 2.05) is 20.8 Å². The minimum Gasteiger partial charge on any atom is -0.398 e. The molecule has 0 aliphatic heterocycles. The van der Waals surface area contributed by atoms with Crippen LogP contribution in [-0.4, -0.2) is 22.9 Å². The second kappa shape index (κ2) is 5.07. The summed E-state index contributed by atoms with van der Waals surface area (Å²) in [5.41, 5.74) is 7.11. The van der Waals surface area contributed by atoms with Crippen LogP contribution in [-0.2, 0) is 11.2 Å². The van der Waals surface area contributed by atoms with E-state index >= 15 is 0 Å². The van der Waals surface area contributed by atoms with Gasteiger partial charge < -0.3 is 11.1 Å². The van der Waals surface area contributed by atoms with Gasteiger partial charge >= 0.3 is 0 Å². The molecule has 16 heavy (non-hydrogen) atoms. The summed E-state index contributed by atoms with van der Waals surface area (Å²) in [6, 6.07) is 1.71. The van der Waals surface area contributed by atoms with Crippen LogP contribution >= 0.6 is 0 Å². The molecule has 0 aliphatic carbocycles. The van der Waals surface area contributed by atoms with Crippen LogP contribution in [0.1, 0.15) is 26.3 Å². The number of nitrogens with two attached hydrogens (primary N) is 1. The molecule has 0 aliphatic rings. The normalized spacial score (nSPS) is 11.4. The van der Waals surface area contributed by atoms with Crippen molar-refractivity contribution in [3.8, 4) is 0 Å². The first kappa shape index (κ1) is 12.6. The van der Waals surface area contributed by atoms with E-state index in [1.54, 1.807) is 18.5 Å². The lowest BCUT2D eigenvalue weighted by Gasteiger charge is -2.19. The quantitative estimate of drug-likeness (QED) is 0.800. The number of pyridine rings is 1. The maximum Gasteiger partial charge on any atom is 0.151 e. The predicted octanol–water partition coefficient (Wildman–Crippen LogP) is 1.16. The van der Waals surface area contributed by atoms with Crippen molar-refractivity contribution in [1.82, 2.24) is 10.3 Å². The minimum absolute atomic E-state index is 0.0455. The Hall–Kier alpha value is -1.42. The fraction of sp³-hybridized carbons (Fsp3) is 0.500. The number of hydrogen-bond acceptors (Lipinski definition) is 4. The lowest BCUT2D eigenvalue weighted by molar-refractivity contribution is -0.117. The van der Waals surface area contributed by atoms with Gasteiger partial charge in [-0.05, 0) is 26.8 Å². The lowest BCUT2D eigenvalue weighted by atomic mass is 10.1. The molecule has 0 saturated heterocycles. The number of rotatable bonds is 4. The van der Waals surface area contributed by atoms with Gasteiger partial charge in [0.05, 0.1) is 6.54 Å². The van der Waals surface area contributed by atoms with Crippen LogP contribution in [0.4, 0.5) is 5.69 Å². The zero-order valence-electron chi connectivity index (χ0n) is 10.1. The molecule has 0 unspecified atom stereocenters. The van der Waals surface area contributed by atoms with Gasteiger partial charge in [0.1, 0.15) is 0 Å².